The summed E-state index contributed by atoms with van der Waals surface area (Å²) >= 11 is 0. The van der Waals surface area contributed by atoms with E-state index in [1.54, 1.807) is 18.2 Å². The molecular formula is C23H23FN2O2. The molecule has 3 aromatic rings. The second kappa shape index (κ2) is 9.67. The lowest BCUT2D eigenvalue weighted by Gasteiger charge is -2.27. The molecule has 144 valence electrons. The normalized spacial score (nSPS) is 11.6. The van der Waals surface area contributed by atoms with Crippen LogP contribution in [0.3, 0.4) is 0 Å². The zero-order chi connectivity index (χ0) is 19.8. The van der Waals surface area contributed by atoms with Gasteiger partial charge in [-0.25, -0.2) is 4.39 Å². The number of rotatable bonds is 8. The largest absolute Gasteiger partial charge is 0.455 e. The van der Waals surface area contributed by atoms with E-state index in [4.69, 9.17) is 10.5 Å². The van der Waals surface area contributed by atoms with E-state index in [0.29, 0.717) is 23.6 Å². The maximum Gasteiger partial charge on any atom is 0.258 e. The molecule has 0 aromatic heterocycles. The third-order valence-electron chi connectivity index (χ3n) is 4.30. The van der Waals surface area contributed by atoms with Crippen LogP contribution in [0.1, 0.15) is 5.56 Å². The molecule has 0 saturated heterocycles. The van der Waals surface area contributed by atoms with Gasteiger partial charge in [0, 0.05) is 12.6 Å². The van der Waals surface area contributed by atoms with Crippen LogP contribution in [0.15, 0.2) is 84.9 Å². The van der Waals surface area contributed by atoms with Crippen LogP contribution in [0, 0.1) is 0 Å². The van der Waals surface area contributed by atoms with Gasteiger partial charge in [0.05, 0.1) is 5.69 Å². The Hall–Kier alpha value is -3.18. The second-order valence-corrected chi connectivity index (χ2v) is 6.47. The maximum absolute atomic E-state index is 13.3. The molecule has 3 rings (SSSR count). The minimum absolute atomic E-state index is 0.187. The Morgan fingerprint density at radius 3 is 2.21 bits per heavy atom. The van der Waals surface area contributed by atoms with E-state index < -0.39 is 12.6 Å². The zero-order valence-corrected chi connectivity index (χ0v) is 15.5. The average molecular weight is 378 g/mol. The maximum atomic E-state index is 13.3. The first-order valence-electron chi connectivity index (χ1n) is 9.15. The first-order valence-corrected chi connectivity index (χ1v) is 9.15. The average Bonchev–Trinajstić information content (AvgIpc) is 2.73. The SMILES string of the molecule is N[C@@H](Cc1ccccc1)CN(C(=O)CF)c1ccccc1Oc1ccccc1. The second-order valence-electron chi connectivity index (χ2n) is 6.47. The lowest BCUT2D eigenvalue weighted by molar-refractivity contribution is -0.119. The highest BCUT2D eigenvalue weighted by molar-refractivity contribution is 5.95. The van der Waals surface area contributed by atoms with Gasteiger partial charge in [0.1, 0.15) is 5.75 Å². The Bertz CT molecular complexity index is 887. The Kier molecular flexibility index (Phi) is 6.76. The summed E-state index contributed by atoms with van der Waals surface area (Å²) in [6.45, 7) is -0.912. The fourth-order valence-corrected chi connectivity index (χ4v) is 3.00. The summed E-state index contributed by atoms with van der Waals surface area (Å²) in [5.74, 6) is 0.464. The van der Waals surface area contributed by atoms with Gasteiger partial charge in [-0.2, -0.15) is 0 Å². The Balaban J connectivity index is 1.82. The number of nitrogens with zero attached hydrogens (tertiary/aromatic N) is 1. The molecule has 0 spiro atoms. The van der Waals surface area contributed by atoms with Crippen molar-refractivity contribution < 1.29 is 13.9 Å². The van der Waals surface area contributed by atoms with Crippen LogP contribution in [0.2, 0.25) is 0 Å². The molecule has 0 heterocycles. The molecule has 0 aliphatic rings. The lowest BCUT2D eigenvalue weighted by Crippen LogP contribution is -2.43. The van der Waals surface area contributed by atoms with E-state index in [-0.39, 0.29) is 12.6 Å². The minimum atomic E-state index is -1.10. The first-order chi connectivity index (χ1) is 13.7. The first kappa shape index (κ1) is 19.6. The molecule has 4 nitrogen and oxygen atoms in total. The predicted molar refractivity (Wildman–Crippen MR) is 109 cm³/mol. The van der Waals surface area contributed by atoms with Crippen LogP contribution in [-0.4, -0.2) is 25.2 Å². The monoisotopic (exact) mass is 378 g/mol. The minimum Gasteiger partial charge on any atom is -0.455 e. The van der Waals surface area contributed by atoms with Crippen LogP contribution in [-0.2, 0) is 11.2 Å². The number of carbonyl (C=O) groups excluding carboxylic acids is 1. The smallest absolute Gasteiger partial charge is 0.258 e. The van der Waals surface area contributed by atoms with Crippen molar-refractivity contribution in [1.82, 2.24) is 0 Å². The number of benzene rings is 3. The van der Waals surface area contributed by atoms with Gasteiger partial charge < -0.3 is 15.4 Å². The highest BCUT2D eigenvalue weighted by Crippen LogP contribution is 2.32. The van der Waals surface area contributed by atoms with E-state index >= 15 is 0 Å². The van der Waals surface area contributed by atoms with Crippen molar-refractivity contribution in [2.75, 3.05) is 18.1 Å². The summed E-state index contributed by atoms with van der Waals surface area (Å²) in [6.07, 6.45) is 0.582. The molecule has 2 N–H and O–H groups in total. The van der Waals surface area contributed by atoms with Crippen molar-refractivity contribution in [2.24, 2.45) is 5.73 Å². The van der Waals surface area contributed by atoms with Gasteiger partial charge in [0.2, 0.25) is 0 Å². The van der Waals surface area contributed by atoms with Crippen molar-refractivity contribution in [3.63, 3.8) is 0 Å². The fraction of sp³-hybridized carbons (Fsp3) is 0.174. The summed E-state index contributed by atoms with van der Waals surface area (Å²) in [4.78, 5) is 13.7. The number of carbonyl (C=O) groups is 1. The van der Waals surface area contributed by atoms with E-state index in [0.717, 1.165) is 5.56 Å². The van der Waals surface area contributed by atoms with Crippen molar-refractivity contribution >= 4 is 11.6 Å². The number of hydrogen-bond acceptors (Lipinski definition) is 3. The van der Waals surface area contributed by atoms with Gasteiger partial charge in [-0.3, -0.25) is 4.79 Å². The van der Waals surface area contributed by atoms with Crippen LogP contribution < -0.4 is 15.4 Å². The highest BCUT2D eigenvalue weighted by Gasteiger charge is 2.22. The predicted octanol–water partition coefficient (Wildman–Crippen LogP) is 4.35. The van der Waals surface area contributed by atoms with E-state index in [2.05, 4.69) is 0 Å². The molecule has 0 aliphatic carbocycles. The van der Waals surface area contributed by atoms with Crippen LogP contribution in [0.25, 0.3) is 0 Å². The molecule has 0 unspecified atom stereocenters. The summed E-state index contributed by atoms with van der Waals surface area (Å²) in [6, 6.07) is 25.8. The zero-order valence-electron chi connectivity index (χ0n) is 15.5. The summed E-state index contributed by atoms with van der Waals surface area (Å²) in [5, 5.41) is 0. The van der Waals surface area contributed by atoms with Crippen LogP contribution >= 0.6 is 0 Å². The molecule has 3 aromatic carbocycles. The molecule has 0 bridgehead atoms. The van der Waals surface area contributed by atoms with Crippen molar-refractivity contribution in [3.05, 3.63) is 90.5 Å². The third-order valence-corrected chi connectivity index (χ3v) is 4.30. The van der Waals surface area contributed by atoms with E-state index in [9.17, 15) is 9.18 Å². The van der Waals surface area contributed by atoms with Gasteiger partial charge in [-0.15, -0.1) is 0 Å². The number of anilines is 1. The standard InChI is InChI=1S/C23H23FN2O2/c24-16-23(27)26(17-19(25)15-18-9-3-1-4-10-18)21-13-7-8-14-22(21)28-20-11-5-2-6-12-20/h1-14,19H,15-17,25H2/t19-/m0/s1. The van der Waals surface area contributed by atoms with Gasteiger partial charge >= 0.3 is 0 Å². The highest BCUT2D eigenvalue weighted by atomic mass is 19.1. The van der Waals surface area contributed by atoms with Gasteiger partial charge in [-0.05, 0) is 36.2 Å². The molecular weight excluding hydrogens is 355 g/mol. The molecule has 0 fully saturated rings. The number of para-hydroxylation sites is 3. The van der Waals surface area contributed by atoms with E-state index in [1.165, 1.54) is 4.90 Å². The molecule has 5 heteroatoms. The Labute approximate surface area is 164 Å². The number of hydrogen-bond donors (Lipinski definition) is 1. The number of alkyl halides is 1. The molecule has 0 saturated carbocycles. The third kappa shape index (κ3) is 5.18. The van der Waals surface area contributed by atoms with Crippen LogP contribution in [0.4, 0.5) is 10.1 Å². The quantitative estimate of drug-likeness (QED) is 0.634. The van der Waals surface area contributed by atoms with Crippen molar-refractivity contribution in [2.45, 2.75) is 12.5 Å². The van der Waals surface area contributed by atoms with Crippen LogP contribution in [0.5, 0.6) is 11.5 Å². The summed E-state index contributed by atoms with van der Waals surface area (Å²) in [5.41, 5.74) is 7.85. The van der Waals surface area contributed by atoms with Crippen molar-refractivity contribution in [1.29, 1.82) is 0 Å². The van der Waals surface area contributed by atoms with Gasteiger partial charge in [0.15, 0.2) is 12.4 Å². The summed E-state index contributed by atoms with van der Waals surface area (Å²) in [7, 11) is 0. The number of halogens is 1. The molecule has 0 aliphatic heterocycles. The lowest BCUT2D eigenvalue weighted by atomic mass is 10.1. The van der Waals surface area contributed by atoms with Gasteiger partial charge in [-0.1, -0.05) is 60.7 Å². The fourth-order valence-electron chi connectivity index (χ4n) is 3.00. The number of amides is 1. The number of ether oxygens (including phenoxy) is 1. The molecule has 28 heavy (non-hydrogen) atoms. The van der Waals surface area contributed by atoms with E-state index in [1.807, 2.05) is 66.7 Å². The Morgan fingerprint density at radius 1 is 0.929 bits per heavy atom. The Morgan fingerprint density at radius 2 is 1.54 bits per heavy atom. The summed E-state index contributed by atoms with van der Waals surface area (Å²) < 4.78 is 19.2. The molecule has 1 atom stereocenters. The van der Waals surface area contributed by atoms with Crippen molar-refractivity contribution in [3.8, 4) is 11.5 Å². The molecule has 0 radical (unpaired) electrons. The molecule has 1 amide bonds. The number of nitrogens with two attached hydrogens (primary N) is 1. The van der Waals surface area contributed by atoms with Gasteiger partial charge in [0.25, 0.3) is 5.91 Å². The topological polar surface area (TPSA) is 55.6 Å².